The molecule has 0 saturated heterocycles. The lowest BCUT2D eigenvalue weighted by molar-refractivity contribution is 0.551. The third-order valence-electron chi connectivity index (χ3n) is 2.55. The van der Waals surface area contributed by atoms with E-state index < -0.39 is 0 Å². The summed E-state index contributed by atoms with van der Waals surface area (Å²) in [7, 11) is 0. The lowest BCUT2D eigenvalue weighted by Crippen LogP contribution is -2.11. The topological polar surface area (TPSA) is 12.0 Å². The maximum Gasteiger partial charge on any atom is 0.0640 e. The number of anilines is 1. The van der Waals surface area contributed by atoms with E-state index in [1.165, 1.54) is 18.4 Å². The Morgan fingerprint density at radius 1 is 1.40 bits per heavy atom. The first kappa shape index (κ1) is 12.4. The van der Waals surface area contributed by atoms with Gasteiger partial charge in [-0.1, -0.05) is 37.9 Å². The summed E-state index contributed by atoms with van der Waals surface area (Å²) in [6, 6.07) is 6.13. The summed E-state index contributed by atoms with van der Waals surface area (Å²) >= 11 is 6.13. The van der Waals surface area contributed by atoms with Gasteiger partial charge >= 0.3 is 0 Å². The van der Waals surface area contributed by atoms with Crippen molar-refractivity contribution in [3.8, 4) is 0 Å². The van der Waals surface area contributed by atoms with Crippen molar-refractivity contribution >= 4 is 17.3 Å². The van der Waals surface area contributed by atoms with Gasteiger partial charge in [-0.25, -0.2) is 0 Å². The molecule has 1 N–H and O–H groups in total. The maximum atomic E-state index is 6.13. The molecule has 0 spiro atoms. The van der Waals surface area contributed by atoms with Crippen LogP contribution in [0.15, 0.2) is 18.2 Å². The van der Waals surface area contributed by atoms with Gasteiger partial charge in [-0.2, -0.15) is 0 Å². The molecule has 0 bridgehead atoms. The highest BCUT2D eigenvalue weighted by molar-refractivity contribution is 6.33. The zero-order valence-electron chi connectivity index (χ0n) is 9.81. The van der Waals surface area contributed by atoms with Gasteiger partial charge in [-0.3, -0.25) is 0 Å². The van der Waals surface area contributed by atoms with Crippen LogP contribution >= 0.6 is 11.6 Å². The Hall–Kier alpha value is -0.690. The highest BCUT2D eigenvalue weighted by Crippen LogP contribution is 2.23. The lowest BCUT2D eigenvalue weighted by atomic mass is 10.1. The van der Waals surface area contributed by atoms with Crippen LogP contribution in [0.4, 0.5) is 5.69 Å². The molecule has 1 aromatic rings. The minimum atomic E-state index is 0.701. The smallest absolute Gasteiger partial charge is 0.0640 e. The van der Waals surface area contributed by atoms with Crippen molar-refractivity contribution in [2.75, 3.05) is 11.9 Å². The van der Waals surface area contributed by atoms with Crippen LogP contribution in [0.25, 0.3) is 0 Å². The van der Waals surface area contributed by atoms with Gasteiger partial charge in [0, 0.05) is 6.54 Å². The number of hydrogen-bond acceptors (Lipinski definition) is 1. The Bertz CT molecular complexity index is 309. The van der Waals surface area contributed by atoms with E-state index >= 15 is 0 Å². The first-order valence-corrected chi connectivity index (χ1v) is 6.01. The average molecular weight is 226 g/mol. The average Bonchev–Trinajstić information content (AvgIpc) is 2.17. The molecule has 1 aromatic carbocycles. The van der Waals surface area contributed by atoms with Crippen molar-refractivity contribution in [2.24, 2.45) is 5.92 Å². The second kappa shape index (κ2) is 6.02. The molecular formula is C13H20ClN. The SMILES string of the molecule is CCCC(C)CNc1ccc(C)cc1Cl. The van der Waals surface area contributed by atoms with E-state index in [-0.39, 0.29) is 0 Å². The summed E-state index contributed by atoms with van der Waals surface area (Å²) < 4.78 is 0. The molecule has 1 unspecified atom stereocenters. The Morgan fingerprint density at radius 2 is 2.13 bits per heavy atom. The molecule has 1 atom stereocenters. The van der Waals surface area contributed by atoms with E-state index in [9.17, 15) is 0 Å². The summed E-state index contributed by atoms with van der Waals surface area (Å²) in [5, 5.41) is 4.21. The van der Waals surface area contributed by atoms with E-state index in [0.717, 1.165) is 17.3 Å². The molecule has 84 valence electrons. The van der Waals surface area contributed by atoms with Crippen molar-refractivity contribution < 1.29 is 0 Å². The summed E-state index contributed by atoms with van der Waals surface area (Å²) in [4.78, 5) is 0. The third kappa shape index (κ3) is 4.13. The van der Waals surface area contributed by atoms with Gasteiger partial charge in [0.1, 0.15) is 0 Å². The highest BCUT2D eigenvalue weighted by Gasteiger charge is 2.03. The zero-order valence-corrected chi connectivity index (χ0v) is 10.6. The molecule has 0 amide bonds. The molecule has 0 aliphatic heterocycles. The Kier molecular flexibility index (Phi) is 4.97. The van der Waals surface area contributed by atoms with Crippen LogP contribution in [0.2, 0.25) is 5.02 Å². The Morgan fingerprint density at radius 3 is 2.73 bits per heavy atom. The van der Waals surface area contributed by atoms with Gasteiger partial charge < -0.3 is 5.32 Å². The largest absolute Gasteiger partial charge is 0.384 e. The molecule has 0 aromatic heterocycles. The summed E-state index contributed by atoms with van der Waals surface area (Å²) in [5.74, 6) is 0.701. The molecule has 1 rings (SSSR count). The molecule has 0 saturated carbocycles. The molecule has 0 heterocycles. The fraction of sp³-hybridized carbons (Fsp3) is 0.538. The summed E-state index contributed by atoms with van der Waals surface area (Å²) in [5.41, 5.74) is 2.25. The predicted molar refractivity (Wildman–Crippen MR) is 68.8 cm³/mol. The van der Waals surface area contributed by atoms with Crippen LogP contribution in [0.1, 0.15) is 32.3 Å². The van der Waals surface area contributed by atoms with Gasteiger partial charge in [-0.05, 0) is 37.0 Å². The van der Waals surface area contributed by atoms with Crippen molar-refractivity contribution in [2.45, 2.75) is 33.6 Å². The Labute approximate surface area is 97.8 Å². The van der Waals surface area contributed by atoms with E-state index in [2.05, 4.69) is 38.2 Å². The number of rotatable bonds is 5. The van der Waals surface area contributed by atoms with E-state index in [4.69, 9.17) is 11.6 Å². The van der Waals surface area contributed by atoms with Crippen LogP contribution in [0, 0.1) is 12.8 Å². The van der Waals surface area contributed by atoms with Gasteiger partial charge in [0.05, 0.1) is 10.7 Å². The minimum Gasteiger partial charge on any atom is -0.384 e. The Balaban J connectivity index is 2.50. The maximum absolute atomic E-state index is 6.13. The molecule has 0 aliphatic carbocycles. The molecule has 0 aliphatic rings. The summed E-state index contributed by atoms with van der Waals surface area (Å²) in [6.45, 7) is 7.53. The van der Waals surface area contributed by atoms with Gasteiger partial charge in [0.15, 0.2) is 0 Å². The monoisotopic (exact) mass is 225 g/mol. The lowest BCUT2D eigenvalue weighted by Gasteiger charge is -2.13. The van der Waals surface area contributed by atoms with Crippen LogP contribution < -0.4 is 5.32 Å². The number of nitrogens with one attached hydrogen (secondary N) is 1. The fourth-order valence-corrected chi connectivity index (χ4v) is 1.94. The van der Waals surface area contributed by atoms with Crippen molar-refractivity contribution in [3.05, 3.63) is 28.8 Å². The molecule has 1 nitrogen and oxygen atoms in total. The normalized spacial score (nSPS) is 12.5. The second-order valence-electron chi connectivity index (χ2n) is 4.26. The van der Waals surface area contributed by atoms with E-state index in [0.29, 0.717) is 5.92 Å². The van der Waals surface area contributed by atoms with Crippen LogP contribution in [0.3, 0.4) is 0 Å². The van der Waals surface area contributed by atoms with Crippen molar-refractivity contribution in [1.29, 1.82) is 0 Å². The number of benzene rings is 1. The molecule has 0 radical (unpaired) electrons. The van der Waals surface area contributed by atoms with Crippen molar-refractivity contribution in [3.63, 3.8) is 0 Å². The first-order chi connectivity index (χ1) is 7.13. The van der Waals surface area contributed by atoms with Gasteiger partial charge in [0.25, 0.3) is 0 Å². The van der Waals surface area contributed by atoms with Crippen LogP contribution in [-0.4, -0.2) is 6.54 Å². The molecular weight excluding hydrogens is 206 g/mol. The molecule has 2 heteroatoms. The molecule has 0 fully saturated rings. The van der Waals surface area contributed by atoms with Crippen LogP contribution in [-0.2, 0) is 0 Å². The molecule has 15 heavy (non-hydrogen) atoms. The number of aryl methyl sites for hydroxylation is 1. The standard InChI is InChI=1S/C13H20ClN/c1-4-5-11(3)9-15-13-7-6-10(2)8-12(13)14/h6-8,11,15H,4-5,9H2,1-3H3. The zero-order chi connectivity index (χ0) is 11.3. The number of halogens is 1. The van der Waals surface area contributed by atoms with Gasteiger partial charge in [0.2, 0.25) is 0 Å². The fourth-order valence-electron chi connectivity index (χ4n) is 1.64. The number of hydrogen-bond donors (Lipinski definition) is 1. The van der Waals surface area contributed by atoms with E-state index in [1.54, 1.807) is 0 Å². The second-order valence-corrected chi connectivity index (χ2v) is 4.67. The van der Waals surface area contributed by atoms with E-state index in [1.807, 2.05) is 6.07 Å². The summed E-state index contributed by atoms with van der Waals surface area (Å²) in [6.07, 6.45) is 2.50. The minimum absolute atomic E-state index is 0.701. The van der Waals surface area contributed by atoms with Crippen molar-refractivity contribution in [1.82, 2.24) is 0 Å². The quantitative estimate of drug-likeness (QED) is 0.778. The van der Waals surface area contributed by atoms with Crippen LogP contribution in [0.5, 0.6) is 0 Å². The third-order valence-corrected chi connectivity index (χ3v) is 2.86. The predicted octanol–water partition coefficient (Wildman–Crippen LogP) is 4.50. The van der Waals surface area contributed by atoms with Gasteiger partial charge in [-0.15, -0.1) is 0 Å². The first-order valence-electron chi connectivity index (χ1n) is 5.63. The highest BCUT2D eigenvalue weighted by atomic mass is 35.5.